The van der Waals surface area contributed by atoms with E-state index in [-0.39, 0.29) is 11.7 Å². The van der Waals surface area contributed by atoms with Gasteiger partial charge in [0.15, 0.2) is 0 Å². The van der Waals surface area contributed by atoms with Crippen LogP contribution in [0.25, 0.3) is 10.8 Å². The summed E-state index contributed by atoms with van der Waals surface area (Å²) in [6.07, 6.45) is 0. The Balaban J connectivity index is 1.76. The number of hydrazone groups is 1. The highest BCUT2D eigenvalue weighted by Gasteiger charge is 2.30. The molecule has 0 spiro atoms. The second kappa shape index (κ2) is 5.69. The van der Waals surface area contributed by atoms with Crippen molar-refractivity contribution in [1.82, 2.24) is 5.43 Å². The standard InChI is InChI=1S/C20H16N2O/c23-20(17-12-6-10-14-9-4-5-11-16(14)17)19-18(13-21-22-19)15-7-2-1-3-8-15/h1-12,18,21H,13H2/t18-/m0/s1. The molecule has 0 unspecified atom stereocenters. The maximum atomic E-state index is 13.1. The van der Waals surface area contributed by atoms with Crippen LogP contribution >= 0.6 is 0 Å². The van der Waals surface area contributed by atoms with Gasteiger partial charge in [0.25, 0.3) is 0 Å². The van der Waals surface area contributed by atoms with Crippen LogP contribution in [0.4, 0.5) is 0 Å². The highest BCUT2D eigenvalue weighted by molar-refractivity contribution is 6.49. The molecule has 3 aromatic rings. The largest absolute Gasteiger partial charge is 0.309 e. The van der Waals surface area contributed by atoms with E-state index in [0.29, 0.717) is 17.8 Å². The van der Waals surface area contributed by atoms with Crippen LogP contribution in [0.3, 0.4) is 0 Å². The monoisotopic (exact) mass is 300 g/mol. The van der Waals surface area contributed by atoms with E-state index in [4.69, 9.17) is 0 Å². The van der Waals surface area contributed by atoms with Gasteiger partial charge in [-0.25, -0.2) is 0 Å². The van der Waals surface area contributed by atoms with Crippen molar-refractivity contribution < 1.29 is 4.79 Å². The van der Waals surface area contributed by atoms with Crippen molar-refractivity contribution >= 4 is 22.3 Å². The number of hydrogen-bond acceptors (Lipinski definition) is 3. The van der Waals surface area contributed by atoms with Crippen LogP contribution in [0.5, 0.6) is 0 Å². The van der Waals surface area contributed by atoms with E-state index < -0.39 is 0 Å². The molecule has 0 saturated carbocycles. The van der Waals surface area contributed by atoms with Crippen LogP contribution in [0.2, 0.25) is 0 Å². The molecule has 3 nitrogen and oxygen atoms in total. The SMILES string of the molecule is O=C(C1=NNC[C@H]1c1ccccc1)c1cccc2ccccc12. The Labute approximate surface area is 134 Å². The molecule has 1 heterocycles. The van der Waals surface area contributed by atoms with Gasteiger partial charge in [0, 0.05) is 12.1 Å². The molecule has 23 heavy (non-hydrogen) atoms. The van der Waals surface area contributed by atoms with Crippen molar-refractivity contribution in [3.8, 4) is 0 Å². The number of ketones is 1. The summed E-state index contributed by atoms with van der Waals surface area (Å²) < 4.78 is 0. The van der Waals surface area contributed by atoms with Gasteiger partial charge >= 0.3 is 0 Å². The molecule has 1 N–H and O–H groups in total. The normalized spacial score (nSPS) is 16.9. The lowest BCUT2D eigenvalue weighted by Crippen LogP contribution is -2.21. The molecule has 1 aliphatic rings. The Bertz CT molecular complexity index is 894. The second-order valence-corrected chi connectivity index (χ2v) is 5.68. The van der Waals surface area contributed by atoms with Crippen molar-refractivity contribution in [2.24, 2.45) is 5.10 Å². The minimum Gasteiger partial charge on any atom is -0.309 e. The average Bonchev–Trinajstić information content (AvgIpc) is 3.11. The Morgan fingerprint density at radius 1 is 0.913 bits per heavy atom. The summed E-state index contributed by atoms with van der Waals surface area (Å²) in [4.78, 5) is 13.1. The van der Waals surface area contributed by atoms with Gasteiger partial charge in [-0.1, -0.05) is 72.8 Å². The smallest absolute Gasteiger partial charge is 0.210 e. The third-order valence-electron chi connectivity index (χ3n) is 4.29. The first kappa shape index (κ1) is 13.7. The van der Waals surface area contributed by atoms with Crippen molar-refractivity contribution in [2.45, 2.75) is 5.92 Å². The lowest BCUT2D eigenvalue weighted by Gasteiger charge is -2.12. The third-order valence-corrected chi connectivity index (χ3v) is 4.29. The number of fused-ring (bicyclic) bond motifs is 1. The van der Waals surface area contributed by atoms with Crippen LogP contribution in [0.1, 0.15) is 21.8 Å². The van der Waals surface area contributed by atoms with Crippen LogP contribution in [-0.2, 0) is 0 Å². The van der Waals surface area contributed by atoms with Crippen molar-refractivity contribution in [3.05, 3.63) is 83.9 Å². The molecule has 3 aromatic carbocycles. The Morgan fingerprint density at radius 3 is 2.52 bits per heavy atom. The van der Waals surface area contributed by atoms with Gasteiger partial charge in [-0.15, -0.1) is 0 Å². The predicted molar refractivity (Wildman–Crippen MR) is 92.9 cm³/mol. The molecular weight excluding hydrogens is 284 g/mol. The van der Waals surface area contributed by atoms with E-state index in [0.717, 1.165) is 16.3 Å². The predicted octanol–water partition coefficient (Wildman–Crippen LogP) is 3.77. The topological polar surface area (TPSA) is 41.5 Å². The third kappa shape index (κ3) is 2.40. The number of hydrogen-bond donors (Lipinski definition) is 1. The van der Waals surface area contributed by atoms with E-state index in [2.05, 4.69) is 10.5 Å². The Kier molecular flexibility index (Phi) is 3.39. The molecule has 0 aliphatic carbocycles. The summed E-state index contributed by atoms with van der Waals surface area (Å²) in [6, 6.07) is 23.8. The minimum atomic E-state index is 0.000605. The van der Waals surface area contributed by atoms with Crippen molar-refractivity contribution in [1.29, 1.82) is 0 Å². The molecule has 112 valence electrons. The summed E-state index contributed by atoms with van der Waals surface area (Å²) >= 11 is 0. The molecule has 0 aromatic heterocycles. The number of rotatable bonds is 3. The lowest BCUT2D eigenvalue weighted by atomic mass is 9.89. The number of benzene rings is 3. The highest BCUT2D eigenvalue weighted by Crippen LogP contribution is 2.25. The van der Waals surface area contributed by atoms with Gasteiger partial charge in [-0.2, -0.15) is 5.10 Å². The fourth-order valence-electron chi connectivity index (χ4n) is 3.13. The van der Waals surface area contributed by atoms with Gasteiger partial charge in [0.2, 0.25) is 5.78 Å². The Hall–Kier alpha value is -2.94. The van der Waals surface area contributed by atoms with Crippen molar-refractivity contribution in [3.63, 3.8) is 0 Å². The van der Waals surface area contributed by atoms with E-state index in [9.17, 15) is 4.79 Å². The zero-order valence-corrected chi connectivity index (χ0v) is 12.6. The molecule has 1 aliphatic heterocycles. The van der Waals surface area contributed by atoms with Crippen molar-refractivity contribution in [2.75, 3.05) is 6.54 Å². The fourth-order valence-corrected chi connectivity index (χ4v) is 3.13. The molecule has 0 amide bonds. The summed E-state index contributed by atoms with van der Waals surface area (Å²) in [5, 5.41) is 6.34. The summed E-state index contributed by atoms with van der Waals surface area (Å²) in [6.45, 7) is 0.663. The first-order chi connectivity index (χ1) is 11.3. The molecule has 0 fully saturated rings. The first-order valence-electron chi connectivity index (χ1n) is 7.72. The maximum absolute atomic E-state index is 13.1. The summed E-state index contributed by atoms with van der Waals surface area (Å²) in [7, 11) is 0. The number of nitrogens with one attached hydrogen (secondary N) is 1. The van der Waals surface area contributed by atoms with Gasteiger partial charge < -0.3 is 5.43 Å². The average molecular weight is 300 g/mol. The molecule has 0 radical (unpaired) electrons. The number of carbonyl (C=O) groups excluding carboxylic acids is 1. The highest BCUT2D eigenvalue weighted by atomic mass is 16.1. The van der Waals surface area contributed by atoms with Crippen LogP contribution < -0.4 is 5.43 Å². The molecule has 0 bridgehead atoms. The molecule has 4 rings (SSSR count). The zero-order chi connectivity index (χ0) is 15.6. The van der Waals surface area contributed by atoms with Crippen LogP contribution in [0.15, 0.2) is 77.9 Å². The zero-order valence-electron chi connectivity index (χ0n) is 12.6. The second-order valence-electron chi connectivity index (χ2n) is 5.68. The summed E-state index contributed by atoms with van der Waals surface area (Å²) in [5.74, 6) is 0.00308. The van der Waals surface area contributed by atoms with E-state index in [1.807, 2.05) is 72.8 Å². The number of carbonyl (C=O) groups is 1. The lowest BCUT2D eigenvalue weighted by molar-refractivity contribution is 0.106. The Morgan fingerprint density at radius 2 is 1.65 bits per heavy atom. The molecule has 3 heteroatoms. The molecular formula is C20H16N2O. The van der Waals surface area contributed by atoms with E-state index in [1.54, 1.807) is 0 Å². The fraction of sp³-hybridized carbons (Fsp3) is 0.100. The molecule has 1 atom stereocenters. The molecule has 0 saturated heterocycles. The van der Waals surface area contributed by atoms with Crippen LogP contribution in [-0.4, -0.2) is 18.0 Å². The van der Waals surface area contributed by atoms with Gasteiger partial charge in [-0.3, -0.25) is 4.79 Å². The van der Waals surface area contributed by atoms with Crippen LogP contribution in [0, 0.1) is 0 Å². The summed E-state index contributed by atoms with van der Waals surface area (Å²) in [5.41, 5.74) is 5.41. The minimum absolute atomic E-state index is 0.000605. The van der Waals surface area contributed by atoms with E-state index >= 15 is 0 Å². The van der Waals surface area contributed by atoms with Gasteiger partial charge in [0.05, 0.1) is 5.92 Å². The quantitative estimate of drug-likeness (QED) is 0.748. The van der Waals surface area contributed by atoms with Gasteiger partial charge in [0.1, 0.15) is 5.71 Å². The number of Topliss-reactive ketones (excluding diaryl/α,β-unsaturated/α-hetero) is 1. The van der Waals surface area contributed by atoms with E-state index in [1.165, 1.54) is 0 Å². The van der Waals surface area contributed by atoms with Gasteiger partial charge in [-0.05, 0) is 16.3 Å². The first-order valence-corrected chi connectivity index (χ1v) is 7.72. The maximum Gasteiger partial charge on any atom is 0.210 e. The number of nitrogens with zero attached hydrogens (tertiary/aromatic N) is 1.